The van der Waals surface area contributed by atoms with Crippen LogP contribution in [0.3, 0.4) is 0 Å². The van der Waals surface area contributed by atoms with Crippen molar-refractivity contribution in [3.05, 3.63) is 0 Å². The highest BCUT2D eigenvalue weighted by Crippen LogP contribution is 1.96. The molecule has 1 unspecified atom stereocenters. The van der Waals surface area contributed by atoms with Gasteiger partial charge in [-0.15, -0.1) is 0 Å². The molecule has 0 saturated carbocycles. The van der Waals surface area contributed by atoms with Gasteiger partial charge in [0.05, 0.1) is 5.25 Å². The van der Waals surface area contributed by atoms with Crippen molar-refractivity contribution in [2.45, 2.75) is 32.4 Å². The lowest BCUT2D eigenvalue weighted by atomic mass is 10.4. The van der Waals surface area contributed by atoms with Crippen molar-refractivity contribution in [3.63, 3.8) is 0 Å². The smallest absolute Gasteiger partial charge is 0.215 e. The monoisotopic (exact) mass is 265 g/mol. The summed E-state index contributed by atoms with van der Waals surface area (Å²) >= 11 is 0. The average molecular weight is 265 g/mol. The van der Waals surface area contributed by atoms with E-state index in [0.717, 1.165) is 26.1 Å². The van der Waals surface area contributed by atoms with Crippen LogP contribution in [0.25, 0.3) is 0 Å². The SMILES string of the molecule is CCCN(CC)CCNS(=O)(=O)C(C)CNC. The molecular weight excluding hydrogens is 238 g/mol. The minimum absolute atomic E-state index is 0.395. The van der Waals surface area contributed by atoms with Crippen LogP contribution in [0.5, 0.6) is 0 Å². The number of nitrogens with zero attached hydrogens (tertiary/aromatic N) is 1. The zero-order valence-corrected chi connectivity index (χ0v) is 12.3. The topological polar surface area (TPSA) is 61.4 Å². The summed E-state index contributed by atoms with van der Waals surface area (Å²) in [4.78, 5) is 2.24. The molecule has 0 rings (SSSR count). The van der Waals surface area contributed by atoms with Gasteiger partial charge in [0.1, 0.15) is 0 Å². The van der Waals surface area contributed by atoms with Crippen molar-refractivity contribution in [1.29, 1.82) is 0 Å². The Balaban J connectivity index is 4.01. The maximum Gasteiger partial charge on any atom is 0.215 e. The highest BCUT2D eigenvalue weighted by atomic mass is 32.2. The number of sulfonamides is 1. The lowest BCUT2D eigenvalue weighted by molar-refractivity contribution is 0.293. The van der Waals surface area contributed by atoms with Gasteiger partial charge < -0.3 is 10.2 Å². The molecule has 0 aliphatic rings. The predicted molar refractivity (Wildman–Crippen MR) is 72.7 cm³/mol. The Labute approximate surface area is 106 Å². The summed E-state index contributed by atoms with van der Waals surface area (Å²) < 4.78 is 26.2. The first-order valence-electron chi connectivity index (χ1n) is 6.33. The molecule has 0 heterocycles. The first-order valence-corrected chi connectivity index (χ1v) is 7.88. The minimum atomic E-state index is -3.18. The highest BCUT2D eigenvalue weighted by molar-refractivity contribution is 7.90. The Morgan fingerprint density at radius 1 is 1.24 bits per heavy atom. The summed E-state index contributed by atoms with van der Waals surface area (Å²) in [6, 6.07) is 0. The van der Waals surface area contributed by atoms with Gasteiger partial charge in [-0.05, 0) is 33.5 Å². The molecule has 5 nitrogen and oxygen atoms in total. The van der Waals surface area contributed by atoms with E-state index in [2.05, 4.69) is 28.8 Å². The first-order chi connectivity index (χ1) is 7.97. The van der Waals surface area contributed by atoms with Crippen LogP contribution < -0.4 is 10.0 Å². The van der Waals surface area contributed by atoms with Crippen molar-refractivity contribution >= 4 is 10.0 Å². The van der Waals surface area contributed by atoms with Gasteiger partial charge in [0, 0.05) is 19.6 Å². The van der Waals surface area contributed by atoms with Gasteiger partial charge >= 0.3 is 0 Å². The fourth-order valence-corrected chi connectivity index (χ4v) is 2.68. The molecule has 0 spiro atoms. The van der Waals surface area contributed by atoms with Gasteiger partial charge in [-0.2, -0.15) is 0 Å². The normalized spacial score (nSPS) is 14.2. The van der Waals surface area contributed by atoms with Gasteiger partial charge in [0.15, 0.2) is 0 Å². The summed E-state index contributed by atoms with van der Waals surface area (Å²) in [6.07, 6.45) is 1.09. The fourth-order valence-electron chi connectivity index (χ4n) is 1.63. The standard InChI is InChI=1S/C11H27N3O2S/c1-5-8-14(6-2)9-7-13-17(15,16)11(3)10-12-4/h11-13H,5-10H2,1-4H3. The molecule has 0 bridgehead atoms. The van der Waals surface area contributed by atoms with E-state index >= 15 is 0 Å². The zero-order valence-electron chi connectivity index (χ0n) is 11.5. The van der Waals surface area contributed by atoms with E-state index in [4.69, 9.17) is 0 Å². The Hall–Kier alpha value is -0.170. The summed E-state index contributed by atoms with van der Waals surface area (Å²) in [6.45, 7) is 9.64. The second-order valence-electron chi connectivity index (χ2n) is 4.24. The lowest BCUT2D eigenvalue weighted by Crippen LogP contribution is -2.41. The van der Waals surface area contributed by atoms with Gasteiger partial charge in [0.2, 0.25) is 10.0 Å². The van der Waals surface area contributed by atoms with Crippen LogP contribution in [0.4, 0.5) is 0 Å². The number of likely N-dealkylation sites (N-methyl/N-ethyl adjacent to an activating group) is 1. The maximum atomic E-state index is 11.8. The Morgan fingerprint density at radius 3 is 2.35 bits per heavy atom. The third kappa shape index (κ3) is 6.98. The summed E-state index contributed by atoms with van der Waals surface area (Å²) in [5, 5.41) is 2.48. The molecule has 1 atom stereocenters. The Bertz CT molecular complexity index is 280. The van der Waals surface area contributed by atoms with Gasteiger partial charge in [-0.3, -0.25) is 0 Å². The second kappa shape index (κ2) is 8.85. The molecule has 17 heavy (non-hydrogen) atoms. The van der Waals surface area contributed by atoms with Gasteiger partial charge in [-0.25, -0.2) is 13.1 Å². The molecule has 0 saturated heterocycles. The Morgan fingerprint density at radius 2 is 1.88 bits per heavy atom. The molecule has 0 aromatic carbocycles. The molecule has 0 amide bonds. The largest absolute Gasteiger partial charge is 0.318 e. The van der Waals surface area contributed by atoms with Crippen molar-refractivity contribution in [1.82, 2.24) is 14.9 Å². The molecule has 0 aliphatic carbocycles. The van der Waals surface area contributed by atoms with Gasteiger partial charge in [-0.1, -0.05) is 13.8 Å². The quantitative estimate of drug-likeness (QED) is 0.594. The maximum absolute atomic E-state index is 11.8. The molecule has 0 aromatic heterocycles. The van der Waals surface area contributed by atoms with Crippen molar-refractivity contribution in [2.75, 3.05) is 39.8 Å². The number of hydrogen-bond donors (Lipinski definition) is 2. The number of rotatable bonds is 10. The van der Waals surface area contributed by atoms with Crippen molar-refractivity contribution in [3.8, 4) is 0 Å². The summed E-state index contributed by atoms with van der Waals surface area (Å²) in [5.41, 5.74) is 0. The van der Waals surface area contributed by atoms with Crippen molar-refractivity contribution < 1.29 is 8.42 Å². The van der Waals surface area contributed by atoms with E-state index in [-0.39, 0.29) is 0 Å². The van der Waals surface area contributed by atoms with E-state index < -0.39 is 15.3 Å². The average Bonchev–Trinajstić information content (AvgIpc) is 2.28. The van der Waals surface area contributed by atoms with Gasteiger partial charge in [0.25, 0.3) is 0 Å². The van der Waals surface area contributed by atoms with Crippen LogP contribution in [-0.2, 0) is 10.0 Å². The van der Waals surface area contributed by atoms with Crippen LogP contribution >= 0.6 is 0 Å². The molecular formula is C11H27N3O2S. The highest BCUT2D eigenvalue weighted by Gasteiger charge is 2.19. The molecule has 2 N–H and O–H groups in total. The van der Waals surface area contributed by atoms with E-state index in [1.165, 1.54) is 0 Å². The molecule has 0 radical (unpaired) electrons. The van der Waals surface area contributed by atoms with Crippen LogP contribution in [0.15, 0.2) is 0 Å². The first kappa shape index (κ1) is 16.8. The van der Waals surface area contributed by atoms with Crippen LogP contribution in [0.2, 0.25) is 0 Å². The third-order valence-corrected chi connectivity index (χ3v) is 4.57. The van der Waals surface area contributed by atoms with E-state index in [1.54, 1.807) is 14.0 Å². The van der Waals surface area contributed by atoms with Crippen LogP contribution in [-0.4, -0.2) is 58.3 Å². The molecule has 0 fully saturated rings. The number of hydrogen-bond acceptors (Lipinski definition) is 4. The van der Waals surface area contributed by atoms with E-state index in [9.17, 15) is 8.42 Å². The van der Waals surface area contributed by atoms with Crippen LogP contribution in [0, 0.1) is 0 Å². The third-order valence-electron chi connectivity index (χ3n) is 2.74. The number of nitrogens with one attached hydrogen (secondary N) is 2. The second-order valence-corrected chi connectivity index (χ2v) is 6.43. The molecule has 104 valence electrons. The van der Waals surface area contributed by atoms with E-state index in [1.807, 2.05) is 0 Å². The van der Waals surface area contributed by atoms with Crippen molar-refractivity contribution in [2.24, 2.45) is 0 Å². The summed E-state index contributed by atoms with van der Waals surface area (Å²) in [5.74, 6) is 0. The minimum Gasteiger partial charge on any atom is -0.318 e. The Kier molecular flexibility index (Phi) is 8.77. The predicted octanol–water partition coefficient (Wildman–Crippen LogP) is 0.246. The lowest BCUT2D eigenvalue weighted by Gasteiger charge is -2.20. The summed E-state index contributed by atoms with van der Waals surface area (Å²) in [7, 11) is -1.42. The van der Waals surface area contributed by atoms with E-state index in [0.29, 0.717) is 13.1 Å². The fraction of sp³-hybridized carbons (Fsp3) is 1.00. The van der Waals surface area contributed by atoms with Crippen LogP contribution in [0.1, 0.15) is 27.2 Å². The molecule has 0 aliphatic heterocycles. The molecule has 6 heteroatoms. The zero-order chi connectivity index (χ0) is 13.3. The molecule has 0 aromatic rings.